The highest BCUT2D eigenvalue weighted by molar-refractivity contribution is 5.77. The van der Waals surface area contributed by atoms with Gasteiger partial charge in [-0.05, 0) is 55.0 Å². The lowest BCUT2D eigenvalue weighted by atomic mass is 10.1. The van der Waals surface area contributed by atoms with Gasteiger partial charge in [0, 0.05) is 37.7 Å². The summed E-state index contributed by atoms with van der Waals surface area (Å²) < 4.78 is 5.92. The van der Waals surface area contributed by atoms with Crippen molar-refractivity contribution < 1.29 is 9.21 Å². The summed E-state index contributed by atoms with van der Waals surface area (Å²) in [6, 6.07) is 8.37. The van der Waals surface area contributed by atoms with Crippen LogP contribution in [0.1, 0.15) is 61.7 Å². The molecule has 1 saturated heterocycles. The van der Waals surface area contributed by atoms with E-state index in [2.05, 4.69) is 18.0 Å². The third-order valence-corrected chi connectivity index (χ3v) is 5.41. The van der Waals surface area contributed by atoms with Crippen LogP contribution < -0.4 is 0 Å². The highest BCUT2D eigenvalue weighted by Gasteiger charge is 2.36. The number of nitrogens with zero attached hydrogens (tertiary/aromatic N) is 2. The van der Waals surface area contributed by atoms with E-state index in [9.17, 15) is 4.79 Å². The Morgan fingerprint density at radius 1 is 1.29 bits per heavy atom. The molecule has 0 spiro atoms. The number of pyridine rings is 1. The van der Waals surface area contributed by atoms with E-state index in [4.69, 9.17) is 4.42 Å². The molecule has 3 atom stereocenters. The topological polar surface area (TPSA) is 46.3 Å². The summed E-state index contributed by atoms with van der Waals surface area (Å²) in [7, 11) is 0. The Balaban J connectivity index is 1.36. The molecule has 2 aromatic rings. The van der Waals surface area contributed by atoms with Crippen LogP contribution in [0.5, 0.6) is 0 Å². The first-order valence-electron chi connectivity index (χ1n) is 9.00. The molecule has 3 heterocycles. The summed E-state index contributed by atoms with van der Waals surface area (Å²) in [4.78, 5) is 18.8. The molecule has 24 heavy (non-hydrogen) atoms. The molecule has 4 rings (SSSR count). The minimum absolute atomic E-state index is 0.208. The second-order valence-corrected chi connectivity index (χ2v) is 7.15. The predicted molar refractivity (Wildman–Crippen MR) is 91.5 cm³/mol. The number of amides is 1. The number of carbonyl (C=O) groups is 1. The van der Waals surface area contributed by atoms with Crippen molar-refractivity contribution in [3.8, 4) is 0 Å². The van der Waals surface area contributed by atoms with Crippen molar-refractivity contribution in [1.29, 1.82) is 0 Å². The Kier molecular flexibility index (Phi) is 4.13. The van der Waals surface area contributed by atoms with E-state index in [1.807, 2.05) is 23.1 Å². The zero-order valence-electron chi connectivity index (χ0n) is 14.1. The number of carbonyl (C=O) groups excluding carboxylic acids is 1. The third-order valence-electron chi connectivity index (χ3n) is 5.41. The average molecular weight is 324 g/mol. The number of hydrogen-bond donors (Lipinski definition) is 0. The SMILES string of the molecule is C[C@@H]1C[C@@H]1c1ccc(CCC(=O)N2CCC[C@H]2c2ccncc2)o1. The molecule has 4 heteroatoms. The fourth-order valence-corrected chi connectivity index (χ4v) is 3.82. The summed E-state index contributed by atoms with van der Waals surface area (Å²) in [6.07, 6.45) is 8.17. The first kappa shape index (κ1) is 15.4. The fourth-order valence-electron chi connectivity index (χ4n) is 3.82. The van der Waals surface area contributed by atoms with Gasteiger partial charge in [-0.15, -0.1) is 0 Å². The minimum atomic E-state index is 0.208. The lowest BCUT2D eigenvalue weighted by Gasteiger charge is -2.25. The standard InChI is InChI=1S/C20H24N2O2/c1-14-13-17(14)19-6-4-16(24-19)5-7-20(23)22-12-2-3-18(22)15-8-10-21-11-9-15/h4,6,8-11,14,17-18H,2-3,5,7,12-13H2,1H3/t14-,17+,18+/m1/s1. The Morgan fingerprint density at radius 2 is 2.08 bits per heavy atom. The lowest BCUT2D eigenvalue weighted by Crippen LogP contribution is -2.30. The molecule has 0 aromatic carbocycles. The van der Waals surface area contributed by atoms with Crippen molar-refractivity contribution in [3.63, 3.8) is 0 Å². The fraction of sp³-hybridized carbons (Fsp3) is 0.500. The first-order chi connectivity index (χ1) is 11.7. The summed E-state index contributed by atoms with van der Waals surface area (Å²) in [6.45, 7) is 3.11. The van der Waals surface area contributed by atoms with Gasteiger partial charge in [-0.25, -0.2) is 0 Å². The van der Waals surface area contributed by atoms with E-state index in [1.165, 1.54) is 12.0 Å². The number of aryl methyl sites for hydroxylation is 1. The van der Waals surface area contributed by atoms with Crippen molar-refractivity contribution >= 4 is 5.91 Å². The zero-order chi connectivity index (χ0) is 16.5. The number of likely N-dealkylation sites (tertiary alicyclic amines) is 1. The number of rotatable bonds is 5. The van der Waals surface area contributed by atoms with E-state index in [0.717, 1.165) is 36.8 Å². The van der Waals surface area contributed by atoms with Crippen LogP contribution in [0.25, 0.3) is 0 Å². The van der Waals surface area contributed by atoms with Crippen molar-refractivity contribution in [2.24, 2.45) is 5.92 Å². The molecule has 0 bridgehead atoms. The molecule has 1 aliphatic heterocycles. The maximum absolute atomic E-state index is 12.7. The lowest BCUT2D eigenvalue weighted by molar-refractivity contribution is -0.132. The van der Waals surface area contributed by atoms with Gasteiger partial charge in [0.15, 0.2) is 0 Å². The van der Waals surface area contributed by atoms with Gasteiger partial charge < -0.3 is 9.32 Å². The van der Waals surface area contributed by atoms with Crippen molar-refractivity contribution in [1.82, 2.24) is 9.88 Å². The van der Waals surface area contributed by atoms with Crippen LogP contribution in [-0.2, 0) is 11.2 Å². The molecule has 1 aliphatic carbocycles. The molecule has 0 N–H and O–H groups in total. The van der Waals surface area contributed by atoms with Crippen LogP contribution in [-0.4, -0.2) is 22.3 Å². The highest BCUT2D eigenvalue weighted by Crippen LogP contribution is 2.47. The van der Waals surface area contributed by atoms with Crippen molar-refractivity contribution in [2.45, 2.75) is 51.0 Å². The van der Waals surface area contributed by atoms with Crippen molar-refractivity contribution in [2.75, 3.05) is 6.54 Å². The summed E-state index contributed by atoms with van der Waals surface area (Å²) in [5.74, 6) is 3.62. The third kappa shape index (κ3) is 3.10. The molecule has 0 radical (unpaired) electrons. The molecule has 0 unspecified atom stereocenters. The van der Waals surface area contributed by atoms with Gasteiger partial charge in [0.1, 0.15) is 11.5 Å². The molecule has 1 saturated carbocycles. The van der Waals surface area contributed by atoms with Crippen molar-refractivity contribution in [3.05, 3.63) is 53.7 Å². The monoisotopic (exact) mass is 324 g/mol. The second-order valence-electron chi connectivity index (χ2n) is 7.15. The summed E-state index contributed by atoms with van der Waals surface area (Å²) >= 11 is 0. The largest absolute Gasteiger partial charge is 0.466 e. The zero-order valence-corrected chi connectivity index (χ0v) is 14.1. The van der Waals surface area contributed by atoms with Crippen LogP contribution in [0, 0.1) is 5.92 Å². The molecule has 1 amide bonds. The van der Waals surface area contributed by atoms with Crippen LogP contribution in [0.2, 0.25) is 0 Å². The number of hydrogen-bond acceptors (Lipinski definition) is 3. The first-order valence-corrected chi connectivity index (χ1v) is 9.00. The van der Waals surface area contributed by atoms with Gasteiger partial charge in [0.2, 0.25) is 5.91 Å². The van der Waals surface area contributed by atoms with Gasteiger partial charge in [0.25, 0.3) is 0 Å². The van der Waals surface area contributed by atoms with E-state index < -0.39 is 0 Å². The molecule has 126 valence electrons. The Bertz CT molecular complexity index is 709. The van der Waals surface area contributed by atoms with E-state index in [0.29, 0.717) is 18.8 Å². The average Bonchev–Trinajstić information content (AvgIpc) is 3.05. The molecule has 2 aliphatic rings. The van der Waals surface area contributed by atoms with Gasteiger partial charge in [-0.3, -0.25) is 9.78 Å². The molecule has 2 aromatic heterocycles. The molecule has 2 fully saturated rings. The Hall–Kier alpha value is -2.10. The van der Waals surface area contributed by atoms with Gasteiger partial charge >= 0.3 is 0 Å². The predicted octanol–water partition coefficient (Wildman–Crippen LogP) is 4.09. The van der Waals surface area contributed by atoms with Crippen LogP contribution in [0.3, 0.4) is 0 Å². The summed E-state index contributed by atoms with van der Waals surface area (Å²) in [5, 5.41) is 0. The Labute approximate surface area is 142 Å². The van der Waals surface area contributed by atoms with E-state index in [1.54, 1.807) is 12.4 Å². The maximum Gasteiger partial charge on any atom is 0.223 e. The number of aromatic nitrogens is 1. The summed E-state index contributed by atoms with van der Waals surface area (Å²) in [5.41, 5.74) is 1.19. The quantitative estimate of drug-likeness (QED) is 0.832. The van der Waals surface area contributed by atoms with Gasteiger partial charge in [0.05, 0.1) is 6.04 Å². The smallest absolute Gasteiger partial charge is 0.223 e. The minimum Gasteiger partial charge on any atom is -0.466 e. The number of furan rings is 1. The maximum atomic E-state index is 12.7. The van der Waals surface area contributed by atoms with Crippen LogP contribution in [0.4, 0.5) is 0 Å². The second kappa shape index (κ2) is 6.42. The molecule has 4 nitrogen and oxygen atoms in total. The molecular weight excluding hydrogens is 300 g/mol. The van der Waals surface area contributed by atoms with E-state index in [-0.39, 0.29) is 11.9 Å². The van der Waals surface area contributed by atoms with Crippen LogP contribution in [0.15, 0.2) is 41.1 Å². The van der Waals surface area contributed by atoms with Crippen LogP contribution >= 0.6 is 0 Å². The Morgan fingerprint density at radius 3 is 2.83 bits per heavy atom. The normalized spacial score (nSPS) is 25.9. The van der Waals surface area contributed by atoms with Gasteiger partial charge in [-0.1, -0.05) is 6.92 Å². The highest BCUT2D eigenvalue weighted by atomic mass is 16.3. The van der Waals surface area contributed by atoms with E-state index >= 15 is 0 Å². The molecular formula is C20H24N2O2. The van der Waals surface area contributed by atoms with Gasteiger partial charge in [-0.2, -0.15) is 0 Å².